The molecule has 6 heteroatoms. The number of aryl methyl sites for hydroxylation is 1. The van der Waals surface area contributed by atoms with Crippen molar-refractivity contribution < 1.29 is 4.74 Å². The summed E-state index contributed by atoms with van der Waals surface area (Å²) < 4.78 is 5.17. The van der Waals surface area contributed by atoms with E-state index in [4.69, 9.17) is 10.5 Å². The zero-order chi connectivity index (χ0) is 16.2. The molecule has 6 nitrogen and oxygen atoms in total. The van der Waals surface area contributed by atoms with Crippen molar-refractivity contribution in [2.24, 2.45) is 10.7 Å². The Bertz CT molecular complexity index is 853. The van der Waals surface area contributed by atoms with E-state index < -0.39 is 0 Å². The third-order valence-corrected chi connectivity index (χ3v) is 3.50. The number of rotatable bonds is 4. The van der Waals surface area contributed by atoms with Gasteiger partial charge in [-0.3, -0.25) is 0 Å². The van der Waals surface area contributed by atoms with Crippen molar-refractivity contribution in [1.29, 1.82) is 0 Å². The highest BCUT2D eigenvalue weighted by atomic mass is 16.5. The first-order chi connectivity index (χ1) is 11.2. The van der Waals surface area contributed by atoms with Gasteiger partial charge in [0.2, 0.25) is 0 Å². The number of para-hydroxylation sites is 1. The van der Waals surface area contributed by atoms with Crippen molar-refractivity contribution in [3.63, 3.8) is 0 Å². The van der Waals surface area contributed by atoms with Crippen LogP contribution in [0.15, 0.2) is 47.5 Å². The molecule has 0 bridgehead atoms. The first-order valence-electron chi connectivity index (χ1n) is 7.31. The third kappa shape index (κ3) is 3.42. The van der Waals surface area contributed by atoms with E-state index >= 15 is 0 Å². The largest absolute Gasteiger partial charge is 0.497 e. The molecule has 0 aliphatic rings. The van der Waals surface area contributed by atoms with Crippen LogP contribution in [0.1, 0.15) is 11.4 Å². The number of anilines is 1. The average molecular weight is 309 g/mol. The molecule has 118 valence electrons. The van der Waals surface area contributed by atoms with Crippen molar-refractivity contribution in [3.8, 4) is 5.75 Å². The molecule has 0 radical (unpaired) electrons. The van der Waals surface area contributed by atoms with Crippen molar-refractivity contribution in [2.75, 3.05) is 12.4 Å². The molecule has 0 saturated heterocycles. The van der Waals surface area contributed by atoms with Gasteiger partial charge in [0.25, 0.3) is 0 Å². The summed E-state index contributed by atoms with van der Waals surface area (Å²) in [4.78, 5) is 12.1. The van der Waals surface area contributed by atoms with Crippen molar-refractivity contribution in [2.45, 2.75) is 13.5 Å². The van der Waals surface area contributed by atoms with Gasteiger partial charge in [0.1, 0.15) is 18.1 Å². The molecule has 0 spiro atoms. The number of aliphatic imine (C=N–C) groups is 1. The molecule has 0 amide bonds. The minimum Gasteiger partial charge on any atom is -0.497 e. The van der Waals surface area contributed by atoms with Gasteiger partial charge in [-0.15, -0.1) is 0 Å². The van der Waals surface area contributed by atoms with E-state index in [9.17, 15) is 0 Å². The van der Waals surface area contributed by atoms with E-state index in [-0.39, 0.29) is 0 Å². The molecule has 0 unspecified atom stereocenters. The Hall–Kier alpha value is -3.02. The SMILES string of the molecule is COc1cccc(NC(N)=NCc2nc3c(C)cccc3[nH]2)c1. The molecule has 4 N–H and O–H groups in total. The maximum Gasteiger partial charge on any atom is 0.193 e. The monoisotopic (exact) mass is 309 g/mol. The number of nitrogens with two attached hydrogens (primary N) is 1. The number of methoxy groups -OCH3 is 1. The summed E-state index contributed by atoms with van der Waals surface area (Å²) in [6, 6.07) is 13.5. The molecular formula is C17H19N5O. The van der Waals surface area contributed by atoms with Crippen LogP contribution in [-0.4, -0.2) is 23.0 Å². The molecule has 0 fully saturated rings. The van der Waals surface area contributed by atoms with Crippen LogP contribution in [0.2, 0.25) is 0 Å². The Morgan fingerprint density at radius 1 is 1.30 bits per heavy atom. The predicted octanol–water partition coefficient (Wildman–Crippen LogP) is 2.81. The smallest absolute Gasteiger partial charge is 0.193 e. The lowest BCUT2D eigenvalue weighted by Crippen LogP contribution is -2.22. The van der Waals surface area contributed by atoms with Crippen LogP contribution < -0.4 is 15.8 Å². The zero-order valence-electron chi connectivity index (χ0n) is 13.1. The maximum absolute atomic E-state index is 5.93. The highest BCUT2D eigenvalue weighted by molar-refractivity contribution is 5.92. The van der Waals surface area contributed by atoms with Crippen LogP contribution in [0.4, 0.5) is 5.69 Å². The highest BCUT2D eigenvalue weighted by Gasteiger charge is 2.04. The summed E-state index contributed by atoms with van der Waals surface area (Å²) >= 11 is 0. The summed E-state index contributed by atoms with van der Waals surface area (Å²) in [5, 5.41) is 3.04. The molecule has 2 aromatic carbocycles. The number of fused-ring (bicyclic) bond motifs is 1. The quantitative estimate of drug-likeness (QED) is 0.511. The molecule has 1 heterocycles. The van der Waals surface area contributed by atoms with Crippen LogP contribution >= 0.6 is 0 Å². The number of ether oxygens (including phenoxy) is 1. The summed E-state index contributed by atoms with van der Waals surface area (Å²) in [7, 11) is 1.63. The van der Waals surface area contributed by atoms with Crippen LogP contribution in [0.3, 0.4) is 0 Å². The second kappa shape index (κ2) is 6.39. The molecule has 3 aromatic rings. The molecule has 0 aliphatic carbocycles. The van der Waals surface area contributed by atoms with E-state index in [1.165, 1.54) is 0 Å². The van der Waals surface area contributed by atoms with Crippen LogP contribution in [0.5, 0.6) is 5.75 Å². The number of H-pyrrole nitrogens is 1. The van der Waals surface area contributed by atoms with E-state index in [0.29, 0.717) is 12.5 Å². The molecule has 3 rings (SSSR count). The Morgan fingerprint density at radius 3 is 2.91 bits per heavy atom. The Labute approximate surface area is 134 Å². The van der Waals surface area contributed by atoms with Gasteiger partial charge in [0.15, 0.2) is 5.96 Å². The van der Waals surface area contributed by atoms with Gasteiger partial charge in [0, 0.05) is 11.8 Å². The third-order valence-electron chi connectivity index (χ3n) is 3.50. The van der Waals surface area contributed by atoms with E-state index in [1.54, 1.807) is 7.11 Å². The molecule has 0 atom stereocenters. The van der Waals surface area contributed by atoms with Gasteiger partial charge in [-0.1, -0.05) is 18.2 Å². The fourth-order valence-corrected chi connectivity index (χ4v) is 2.35. The predicted molar refractivity (Wildman–Crippen MR) is 92.8 cm³/mol. The van der Waals surface area contributed by atoms with Crippen molar-refractivity contribution >= 4 is 22.7 Å². The number of imidazole rings is 1. The number of hydrogen-bond acceptors (Lipinski definition) is 3. The fraction of sp³-hybridized carbons (Fsp3) is 0.176. The second-order valence-electron chi connectivity index (χ2n) is 5.21. The van der Waals surface area contributed by atoms with E-state index in [2.05, 4.69) is 20.3 Å². The van der Waals surface area contributed by atoms with Crippen LogP contribution in [0, 0.1) is 6.92 Å². The topological polar surface area (TPSA) is 88.3 Å². The number of aromatic amines is 1. The minimum absolute atomic E-state index is 0.329. The molecular weight excluding hydrogens is 290 g/mol. The number of guanidine groups is 1. The number of nitrogens with zero attached hydrogens (tertiary/aromatic N) is 2. The second-order valence-corrected chi connectivity index (χ2v) is 5.21. The van der Waals surface area contributed by atoms with Gasteiger partial charge in [-0.2, -0.15) is 0 Å². The summed E-state index contributed by atoms with van der Waals surface area (Å²) in [5.74, 6) is 1.87. The average Bonchev–Trinajstić information content (AvgIpc) is 2.98. The van der Waals surface area contributed by atoms with Gasteiger partial charge < -0.3 is 20.8 Å². The van der Waals surface area contributed by atoms with Crippen molar-refractivity contribution in [1.82, 2.24) is 9.97 Å². The van der Waals surface area contributed by atoms with Gasteiger partial charge in [0.05, 0.1) is 18.1 Å². The summed E-state index contributed by atoms with van der Waals surface area (Å²) in [5.41, 5.74) is 9.86. The van der Waals surface area contributed by atoms with Gasteiger partial charge in [-0.05, 0) is 30.7 Å². The molecule has 1 aromatic heterocycles. The molecule has 0 aliphatic heterocycles. The Balaban J connectivity index is 1.71. The van der Waals surface area contributed by atoms with Gasteiger partial charge in [-0.25, -0.2) is 9.98 Å². The Morgan fingerprint density at radius 2 is 2.13 bits per heavy atom. The number of hydrogen-bond donors (Lipinski definition) is 3. The highest BCUT2D eigenvalue weighted by Crippen LogP contribution is 2.17. The summed E-state index contributed by atoms with van der Waals surface area (Å²) in [6.45, 7) is 2.42. The lowest BCUT2D eigenvalue weighted by Gasteiger charge is -2.06. The zero-order valence-corrected chi connectivity index (χ0v) is 13.1. The van der Waals surface area contributed by atoms with Crippen LogP contribution in [-0.2, 0) is 6.54 Å². The Kier molecular flexibility index (Phi) is 4.14. The van der Waals surface area contributed by atoms with E-state index in [0.717, 1.165) is 33.9 Å². The minimum atomic E-state index is 0.329. The number of nitrogens with one attached hydrogen (secondary N) is 2. The first kappa shape index (κ1) is 14.9. The van der Waals surface area contributed by atoms with Crippen LogP contribution in [0.25, 0.3) is 11.0 Å². The number of aromatic nitrogens is 2. The number of benzene rings is 2. The normalized spacial score (nSPS) is 11.7. The fourth-order valence-electron chi connectivity index (χ4n) is 2.35. The lowest BCUT2D eigenvalue weighted by atomic mass is 10.2. The van der Waals surface area contributed by atoms with Crippen molar-refractivity contribution in [3.05, 3.63) is 53.9 Å². The lowest BCUT2D eigenvalue weighted by molar-refractivity contribution is 0.415. The summed E-state index contributed by atoms with van der Waals surface area (Å²) in [6.07, 6.45) is 0. The molecule has 23 heavy (non-hydrogen) atoms. The standard InChI is InChI=1S/C17H19N5O/c1-11-5-3-8-14-16(11)22-15(21-14)10-19-17(18)20-12-6-4-7-13(9-12)23-2/h3-9H,10H2,1-2H3,(H,21,22)(H3,18,19,20). The van der Waals surface area contributed by atoms with Gasteiger partial charge >= 0.3 is 0 Å². The maximum atomic E-state index is 5.93. The molecule has 0 saturated carbocycles. The first-order valence-corrected chi connectivity index (χ1v) is 7.31. The van der Waals surface area contributed by atoms with E-state index in [1.807, 2.05) is 49.4 Å².